The van der Waals surface area contributed by atoms with E-state index >= 15 is 0 Å². The van der Waals surface area contributed by atoms with E-state index in [1.165, 1.54) is 0 Å². The van der Waals surface area contributed by atoms with Gasteiger partial charge in [0.1, 0.15) is 0 Å². The molecule has 0 aromatic carbocycles. The molecule has 168 valence electrons. The summed E-state index contributed by atoms with van der Waals surface area (Å²) in [5.41, 5.74) is 0. The Hall–Kier alpha value is 0.412. The SMILES string of the molecule is CCCC([O][Al]([O]C(CCC)C(C)CC)[O]C(CCC)C(C)CC)C(C)CC. The van der Waals surface area contributed by atoms with Crippen LogP contribution in [-0.4, -0.2) is 33.5 Å². The van der Waals surface area contributed by atoms with E-state index in [1.54, 1.807) is 0 Å². The van der Waals surface area contributed by atoms with Crippen LogP contribution in [0.1, 0.15) is 120 Å². The van der Waals surface area contributed by atoms with E-state index < -0.39 is 15.1 Å². The molecule has 0 N–H and O–H groups in total. The maximum absolute atomic E-state index is 6.68. The van der Waals surface area contributed by atoms with Gasteiger partial charge in [-0.25, -0.2) is 0 Å². The van der Waals surface area contributed by atoms with Crippen LogP contribution in [0.2, 0.25) is 0 Å². The summed E-state index contributed by atoms with van der Waals surface area (Å²) in [4.78, 5) is 0. The first kappa shape index (κ1) is 28.4. The van der Waals surface area contributed by atoms with E-state index in [0.29, 0.717) is 17.8 Å². The molecule has 6 unspecified atom stereocenters. The van der Waals surface area contributed by atoms with Crippen molar-refractivity contribution in [2.45, 2.75) is 138 Å². The molecule has 0 amide bonds. The van der Waals surface area contributed by atoms with E-state index in [0.717, 1.165) is 57.8 Å². The van der Waals surface area contributed by atoms with Gasteiger partial charge in [-0.05, 0) is 37.0 Å². The molecule has 0 radical (unpaired) electrons. The van der Waals surface area contributed by atoms with E-state index in [4.69, 9.17) is 11.4 Å². The Morgan fingerprint density at radius 2 is 0.750 bits per heavy atom. The molecule has 0 rings (SSSR count). The van der Waals surface area contributed by atoms with Gasteiger partial charge in [0.15, 0.2) is 0 Å². The Bertz CT molecular complexity index is 300. The van der Waals surface area contributed by atoms with Gasteiger partial charge in [-0.3, -0.25) is 0 Å². The summed E-state index contributed by atoms with van der Waals surface area (Å²) >= 11 is -2.21. The lowest BCUT2D eigenvalue weighted by molar-refractivity contribution is -0.0336. The summed E-state index contributed by atoms with van der Waals surface area (Å²) in [6.45, 7) is 20.4. The maximum Gasteiger partial charge on any atom is 0.906 e. The summed E-state index contributed by atoms with van der Waals surface area (Å²) in [6.07, 6.45) is 10.9. The van der Waals surface area contributed by atoms with Gasteiger partial charge in [-0.1, -0.05) is 101 Å². The van der Waals surface area contributed by atoms with Crippen LogP contribution in [-0.2, 0) is 11.4 Å². The molecule has 6 atom stereocenters. The molecule has 0 spiro atoms. The average molecular weight is 415 g/mol. The smallest absolute Gasteiger partial charge is 0.452 e. The van der Waals surface area contributed by atoms with Gasteiger partial charge >= 0.3 is 15.1 Å². The number of rotatable bonds is 18. The molecule has 0 aliphatic rings. The molecule has 0 saturated carbocycles. The van der Waals surface area contributed by atoms with Gasteiger partial charge in [0, 0.05) is 18.3 Å². The number of hydrogen-bond donors (Lipinski definition) is 0. The fourth-order valence-electron chi connectivity index (χ4n) is 3.63. The van der Waals surface area contributed by atoms with E-state index in [-0.39, 0.29) is 18.3 Å². The first-order valence-corrected chi connectivity index (χ1v) is 13.8. The zero-order valence-electron chi connectivity index (χ0n) is 20.6. The van der Waals surface area contributed by atoms with Crippen LogP contribution >= 0.6 is 0 Å². The Morgan fingerprint density at radius 1 is 0.500 bits per heavy atom. The molecule has 3 nitrogen and oxygen atoms in total. The lowest BCUT2D eigenvalue weighted by Gasteiger charge is -2.33. The average Bonchev–Trinajstić information content (AvgIpc) is 2.70. The molecule has 0 bridgehead atoms. The highest BCUT2D eigenvalue weighted by atomic mass is 27.3. The van der Waals surface area contributed by atoms with Crippen molar-refractivity contribution in [1.29, 1.82) is 0 Å². The van der Waals surface area contributed by atoms with Crippen molar-refractivity contribution < 1.29 is 11.4 Å². The molecular formula is C24H51AlO3. The molecular weight excluding hydrogens is 363 g/mol. The highest BCUT2D eigenvalue weighted by Crippen LogP contribution is 2.25. The Kier molecular flexibility index (Phi) is 17.4. The first-order valence-electron chi connectivity index (χ1n) is 12.3. The molecule has 0 aromatic rings. The predicted molar refractivity (Wildman–Crippen MR) is 123 cm³/mol. The minimum absolute atomic E-state index is 0.255. The molecule has 0 aliphatic carbocycles. The highest BCUT2D eigenvalue weighted by Gasteiger charge is 2.41. The predicted octanol–water partition coefficient (Wildman–Crippen LogP) is 7.67. The van der Waals surface area contributed by atoms with Crippen molar-refractivity contribution in [1.82, 2.24) is 0 Å². The van der Waals surface area contributed by atoms with Gasteiger partial charge < -0.3 is 11.4 Å². The molecule has 0 saturated heterocycles. The lowest BCUT2D eigenvalue weighted by atomic mass is 9.98. The summed E-state index contributed by atoms with van der Waals surface area (Å²) in [5, 5.41) is 0. The molecule has 0 heterocycles. The summed E-state index contributed by atoms with van der Waals surface area (Å²) in [7, 11) is 0. The van der Waals surface area contributed by atoms with Crippen LogP contribution in [0, 0.1) is 17.8 Å². The molecule has 28 heavy (non-hydrogen) atoms. The van der Waals surface area contributed by atoms with E-state index in [9.17, 15) is 0 Å². The molecule has 0 aliphatic heterocycles. The Morgan fingerprint density at radius 3 is 0.929 bits per heavy atom. The van der Waals surface area contributed by atoms with Crippen LogP contribution in [0.4, 0.5) is 0 Å². The van der Waals surface area contributed by atoms with Gasteiger partial charge in [0.2, 0.25) is 0 Å². The monoisotopic (exact) mass is 414 g/mol. The summed E-state index contributed by atoms with van der Waals surface area (Å²) in [5.74, 6) is 1.63. The standard InChI is InChI=1S/3C8H17O.Al/c3*1-4-6-8(9)7(3)5-2;/h3*7-8H,4-6H2,1-3H3;/q3*-1;+3. The summed E-state index contributed by atoms with van der Waals surface area (Å²) in [6, 6.07) is 0. The van der Waals surface area contributed by atoms with Crippen molar-refractivity contribution in [2.75, 3.05) is 0 Å². The van der Waals surface area contributed by atoms with Crippen molar-refractivity contribution in [3.63, 3.8) is 0 Å². The fourth-order valence-corrected chi connectivity index (χ4v) is 5.89. The third-order valence-electron chi connectivity index (χ3n) is 6.41. The van der Waals surface area contributed by atoms with Gasteiger partial charge in [-0.2, -0.15) is 0 Å². The molecule has 0 fully saturated rings. The fraction of sp³-hybridized carbons (Fsp3) is 1.00. The van der Waals surface area contributed by atoms with Crippen molar-refractivity contribution in [2.24, 2.45) is 17.8 Å². The second-order valence-electron chi connectivity index (χ2n) is 8.83. The minimum atomic E-state index is -2.21. The van der Waals surface area contributed by atoms with Crippen LogP contribution in [0.5, 0.6) is 0 Å². The highest BCUT2D eigenvalue weighted by molar-refractivity contribution is 6.36. The normalized spacial score (nSPS) is 18.3. The van der Waals surface area contributed by atoms with Crippen molar-refractivity contribution >= 4 is 15.1 Å². The van der Waals surface area contributed by atoms with Gasteiger partial charge in [0.25, 0.3) is 0 Å². The van der Waals surface area contributed by atoms with E-state index in [1.807, 2.05) is 0 Å². The third kappa shape index (κ3) is 11.0. The second kappa shape index (κ2) is 17.1. The second-order valence-corrected chi connectivity index (χ2v) is 10.2. The van der Waals surface area contributed by atoms with Crippen LogP contribution in [0.15, 0.2) is 0 Å². The zero-order valence-corrected chi connectivity index (χ0v) is 21.8. The minimum Gasteiger partial charge on any atom is -0.452 e. The lowest BCUT2D eigenvalue weighted by Crippen LogP contribution is -2.43. The van der Waals surface area contributed by atoms with Gasteiger partial charge in [0.05, 0.1) is 0 Å². The molecule has 4 heteroatoms. The summed E-state index contributed by atoms with van der Waals surface area (Å²) < 4.78 is 20.0. The first-order chi connectivity index (χ1) is 13.4. The van der Waals surface area contributed by atoms with Crippen LogP contribution in [0.3, 0.4) is 0 Å². The van der Waals surface area contributed by atoms with Crippen LogP contribution < -0.4 is 0 Å². The van der Waals surface area contributed by atoms with Crippen molar-refractivity contribution in [3.8, 4) is 0 Å². The van der Waals surface area contributed by atoms with Crippen molar-refractivity contribution in [3.05, 3.63) is 0 Å². The molecule has 0 aromatic heterocycles. The zero-order chi connectivity index (χ0) is 21.5. The topological polar surface area (TPSA) is 27.7 Å². The third-order valence-corrected chi connectivity index (χ3v) is 8.13. The largest absolute Gasteiger partial charge is 0.906 e. The Balaban J connectivity index is 5.45. The van der Waals surface area contributed by atoms with Crippen LogP contribution in [0.25, 0.3) is 0 Å². The Labute approximate surface area is 182 Å². The quantitative estimate of drug-likeness (QED) is 0.215. The number of hydrogen-bond acceptors (Lipinski definition) is 3. The maximum atomic E-state index is 6.68. The van der Waals surface area contributed by atoms with Gasteiger partial charge in [-0.15, -0.1) is 0 Å². The van der Waals surface area contributed by atoms with E-state index in [2.05, 4.69) is 62.3 Å².